The molecule has 2 heterocycles. The number of thiazole rings is 1. The lowest BCUT2D eigenvalue weighted by Crippen LogP contribution is -2.00. The molecule has 0 atom stereocenters. The van der Waals surface area contributed by atoms with Crippen LogP contribution >= 0.6 is 27.3 Å². The Morgan fingerprint density at radius 1 is 0.933 bits per heavy atom. The predicted octanol–water partition coefficient (Wildman–Crippen LogP) is 6.43. The van der Waals surface area contributed by atoms with Crippen molar-refractivity contribution in [3.8, 4) is 27.6 Å². The van der Waals surface area contributed by atoms with Gasteiger partial charge in [-0.2, -0.15) is 5.10 Å². The average molecular weight is 472 g/mol. The lowest BCUT2D eigenvalue weighted by molar-refractivity contribution is 0.104. The van der Waals surface area contributed by atoms with Crippen LogP contribution in [0.4, 0.5) is 0 Å². The second-order valence-electron chi connectivity index (χ2n) is 7.28. The van der Waals surface area contributed by atoms with Crippen LogP contribution in [-0.2, 0) is 0 Å². The molecule has 0 radical (unpaired) electrons. The van der Waals surface area contributed by atoms with E-state index in [9.17, 15) is 4.79 Å². The second kappa shape index (κ2) is 6.45. The molecule has 6 rings (SSSR count). The van der Waals surface area contributed by atoms with E-state index in [-0.39, 0.29) is 5.78 Å². The minimum atomic E-state index is 0.0158. The zero-order valence-electron chi connectivity index (χ0n) is 15.9. The van der Waals surface area contributed by atoms with Crippen molar-refractivity contribution in [2.75, 3.05) is 0 Å². The van der Waals surface area contributed by atoms with E-state index < -0.39 is 0 Å². The number of hydrogen-bond acceptors (Lipinski definition) is 4. The average Bonchev–Trinajstić information content (AvgIpc) is 3.43. The molecule has 0 amide bonds. The lowest BCUT2D eigenvalue weighted by atomic mass is 10.0. The summed E-state index contributed by atoms with van der Waals surface area (Å²) >= 11 is 5.07. The lowest BCUT2D eigenvalue weighted by Gasteiger charge is -2.03. The van der Waals surface area contributed by atoms with Gasteiger partial charge in [-0.1, -0.05) is 75.8 Å². The van der Waals surface area contributed by atoms with Crippen LogP contribution in [0.5, 0.6) is 0 Å². The molecule has 0 saturated heterocycles. The highest BCUT2D eigenvalue weighted by Crippen LogP contribution is 2.43. The van der Waals surface area contributed by atoms with Gasteiger partial charge in [0.15, 0.2) is 5.78 Å². The number of carbonyl (C=O) groups excluding carboxylic acids is 1. The molecule has 1 aliphatic carbocycles. The zero-order valence-corrected chi connectivity index (χ0v) is 18.3. The molecule has 0 saturated carbocycles. The van der Waals surface area contributed by atoms with Crippen LogP contribution in [0.3, 0.4) is 0 Å². The molecule has 30 heavy (non-hydrogen) atoms. The van der Waals surface area contributed by atoms with Crippen molar-refractivity contribution >= 4 is 43.3 Å². The maximum Gasteiger partial charge on any atom is 0.212 e. The number of carbonyl (C=O) groups is 1. The molecule has 4 nitrogen and oxygen atoms in total. The molecule has 3 aromatic carbocycles. The highest BCUT2D eigenvalue weighted by molar-refractivity contribution is 9.10. The standard InChI is InChI=1S/C24H14BrN3OS/c1-13-5-4-8-18-20(13)26-24(30-18)28-22-16-6-2-3-7-17(16)23(29)19(22)21(27-28)14-9-11-15(25)12-10-14/h2-12H,1H3. The summed E-state index contributed by atoms with van der Waals surface area (Å²) in [6.07, 6.45) is 0. The van der Waals surface area contributed by atoms with E-state index in [1.807, 2.05) is 59.3 Å². The summed E-state index contributed by atoms with van der Waals surface area (Å²) in [5, 5.41) is 5.67. The van der Waals surface area contributed by atoms with Gasteiger partial charge in [-0.3, -0.25) is 4.79 Å². The van der Waals surface area contributed by atoms with Gasteiger partial charge in [0, 0.05) is 21.2 Å². The van der Waals surface area contributed by atoms with E-state index in [4.69, 9.17) is 10.1 Å². The van der Waals surface area contributed by atoms with Gasteiger partial charge in [0.25, 0.3) is 0 Å². The Kier molecular flexibility index (Phi) is 3.82. The summed E-state index contributed by atoms with van der Waals surface area (Å²) in [5.41, 5.74) is 6.80. The molecule has 5 aromatic rings. The number of halogens is 1. The highest BCUT2D eigenvalue weighted by atomic mass is 79.9. The van der Waals surface area contributed by atoms with E-state index in [2.05, 4.69) is 35.0 Å². The molecule has 0 bridgehead atoms. The summed E-state index contributed by atoms with van der Waals surface area (Å²) in [5.74, 6) is 0.0158. The first kappa shape index (κ1) is 17.7. The maximum absolute atomic E-state index is 13.3. The van der Waals surface area contributed by atoms with E-state index in [0.29, 0.717) is 16.8 Å². The summed E-state index contributed by atoms with van der Waals surface area (Å²) < 4.78 is 3.94. The van der Waals surface area contributed by atoms with Crippen molar-refractivity contribution in [1.29, 1.82) is 0 Å². The monoisotopic (exact) mass is 471 g/mol. The number of benzene rings is 3. The SMILES string of the molecule is Cc1cccc2sc(-n3nc(-c4ccc(Br)cc4)c4c3-c3ccccc3C4=O)nc12. The van der Waals surface area contributed by atoms with Crippen LogP contribution in [0.2, 0.25) is 0 Å². The van der Waals surface area contributed by atoms with Gasteiger partial charge in [-0.05, 0) is 30.7 Å². The number of para-hydroxylation sites is 1. The van der Waals surface area contributed by atoms with Crippen LogP contribution in [0.1, 0.15) is 21.5 Å². The molecule has 0 N–H and O–H groups in total. The molecular formula is C24H14BrN3OS. The number of rotatable bonds is 2. The minimum absolute atomic E-state index is 0.0158. The Morgan fingerprint density at radius 2 is 1.70 bits per heavy atom. The van der Waals surface area contributed by atoms with E-state index in [1.54, 1.807) is 11.3 Å². The minimum Gasteiger partial charge on any atom is -0.288 e. The third kappa shape index (κ3) is 2.47. The fourth-order valence-corrected chi connectivity index (χ4v) is 5.28. The van der Waals surface area contributed by atoms with Crippen LogP contribution < -0.4 is 0 Å². The fourth-order valence-electron chi connectivity index (χ4n) is 4.02. The van der Waals surface area contributed by atoms with Crippen molar-refractivity contribution in [2.24, 2.45) is 0 Å². The molecule has 0 aliphatic heterocycles. The Bertz CT molecular complexity index is 1480. The van der Waals surface area contributed by atoms with Crippen molar-refractivity contribution in [2.45, 2.75) is 6.92 Å². The van der Waals surface area contributed by atoms with Crippen molar-refractivity contribution in [3.63, 3.8) is 0 Å². The number of fused-ring (bicyclic) bond motifs is 4. The van der Waals surface area contributed by atoms with E-state index in [0.717, 1.165) is 42.2 Å². The molecule has 0 fully saturated rings. The number of aromatic nitrogens is 3. The molecule has 0 spiro atoms. The van der Waals surface area contributed by atoms with Crippen LogP contribution in [0, 0.1) is 6.92 Å². The molecule has 2 aromatic heterocycles. The van der Waals surface area contributed by atoms with Crippen LogP contribution in [0.25, 0.3) is 37.9 Å². The van der Waals surface area contributed by atoms with Crippen molar-refractivity contribution in [3.05, 3.63) is 87.9 Å². The number of ketones is 1. The van der Waals surface area contributed by atoms with Gasteiger partial charge in [0.05, 0.1) is 21.5 Å². The quantitative estimate of drug-likeness (QED) is 0.292. The molecule has 144 valence electrons. The summed E-state index contributed by atoms with van der Waals surface area (Å²) in [7, 11) is 0. The summed E-state index contributed by atoms with van der Waals surface area (Å²) in [6, 6.07) is 21.8. The predicted molar refractivity (Wildman–Crippen MR) is 123 cm³/mol. The van der Waals surface area contributed by atoms with Crippen molar-refractivity contribution in [1.82, 2.24) is 14.8 Å². The van der Waals surface area contributed by atoms with Gasteiger partial charge < -0.3 is 0 Å². The molecule has 6 heteroatoms. The van der Waals surface area contributed by atoms with Gasteiger partial charge >= 0.3 is 0 Å². The largest absolute Gasteiger partial charge is 0.288 e. The number of nitrogens with zero attached hydrogens (tertiary/aromatic N) is 3. The van der Waals surface area contributed by atoms with Gasteiger partial charge in [-0.15, -0.1) is 0 Å². The third-order valence-electron chi connectivity index (χ3n) is 5.45. The van der Waals surface area contributed by atoms with Gasteiger partial charge in [0.2, 0.25) is 5.13 Å². The second-order valence-corrected chi connectivity index (χ2v) is 9.21. The van der Waals surface area contributed by atoms with E-state index in [1.165, 1.54) is 0 Å². The maximum atomic E-state index is 13.3. The number of hydrogen-bond donors (Lipinski definition) is 0. The molecule has 0 unspecified atom stereocenters. The van der Waals surface area contributed by atoms with Crippen molar-refractivity contribution < 1.29 is 4.79 Å². The smallest absolute Gasteiger partial charge is 0.212 e. The summed E-state index contributed by atoms with van der Waals surface area (Å²) in [6.45, 7) is 2.06. The fraction of sp³-hybridized carbons (Fsp3) is 0.0417. The van der Waals surface area contributed by atoms with Crippen LogP contribution in [-0.4, -0.2) is 20.5 Å². The third-order valence-corrected chi connectivity index (χ3v) is 6.97. The Labute approximate surface area is 185 Å². The molecular weight excluding hydrogens is 458 g/mol. The normalized spacial score (nSPS) is 12.4. The first-order valence-electron chi connectivity index (χ1n) is 9.51. The molecule has 1 aliphatic rings. The van der Waals surface area contributed by atoms with Gasteiger partial charge in [-0.25, -0.2) is 9.67 Å². The zero-order chi connectivity index (χ0) is 20.4. The first-order chi connectivity index (χ1) is 14.6. The highest BCUT2D eigenvalue weighted by Gasteiger charge is 2.35. The summed E-state index contributed by atoms with van der Waals surface area (Å²) in [4.78, 5) is 18.2. The first-order valence-corrected chi connectivity index (χ1v) is 11.1. The van der Waals surface area contributed by atoms with Crippen LogP contribution in [0.15, 0.2) is 71.2 Å². The number of aryl methyl sites for hydroxylation is 1. The van der Waals surface area contributed by atoms with E-state index >= 15 is 0 Å². The Balaban J connectivity index is 1.67. The topological polar surface area (TPSA) is 47.8 Å². The van der Waals surface area contributed by atoms with Gasteiger partial charge in [0.1, 0.15) is 5.69 Å². The Hall–Kier alpha value is -3.09. The Morgan fingerprint density at radius 3 is 2.47 bits per heavy atom.